The summed E-state index contributed by atoms with van der Waals surface area (Å²) in [4.78, 5) is 18.9. The Morgan fingerprint density at radius 2 is 2.00 bits per heavy atom. The van der Waals surface area contributed by atoms with Gasteiger partial charge < -0.3 is 10.0 Å². The summed E-state index contributed by atoms with van der Waals surface area (Å²) in [7, 11) is -3.98. The second kappa shape index (κ2) is 13.2. The van der Waals surface area contributed by atoms with Crippen molar-refractivity contribution in [2.45, 2.75) is 82.8 Å². The molecule has 252 valence electrons. The zero-order valence-electron chi connectivity index (χ0n) is 26.9. The van der Waals surface area contributed by atoms with E-state index in [9.17, 15) is 31.5 Å². The van der Waals surface area contributed by atoms with Gasteiger partial charge in [0.15, 0.2) is 5.65 Å². The first kappa shape index (κ1) is 34.3. The molecule has 0 saturated carbocycles. The van der Waals surface area contributed by atoms with Crippen molar-refractivity contribution in [2.75, 3.05) is 24.5 Å². The molecule has 5 heterocycles. The van der Waals surface area contributed by atoms with Gasteiger partial charge in [-0.2, -0.15) is 17.5 Å². The summed E-state index contributed by atoms with van der Waals surface area (Å²) < 4.78 is 71.6. The maximum atomic E-state index is 14.3. The van der Waals surface area contributed by atoms with Gasteiger partial charge in [0.1, 0.15) is 10.7 Å². The average molecular weight is 673 g/mol. The number of fused-ring (bicyclic) bond motifs is 4. The molecule has 0 unspecified atom stereocenters. The standard InChI is InChI=1S/C33H39F3N6O4S/c1-6-21(4)23(18-40-19-24-10-8-9-12-41(24)31-28(47(40,45)46)14-20(3)17-37-31)15-22(5)27(16-29(43)44)26-11-13-42-30(25(26)7-2)38-39-32(42)33(34,35)36/h6,11,13-15,17,24,27H,5,7-10,12,16,18-19H2,1-4H3,(H,43,44)/b21-6-,23-15-/t24-,27+/m1/s1. The van der Waals surface area contributed by atoms with E-state index in [2.05, 4.69) is 26.7 Å². The summed E-state index contributed by atoms with van der Waals surface area (Å²) in [6.07, 6.45) is 4.32. The van der Waals surface area contributed by atoms with Crippen LogP contribution in [0.15, 0.2) is 64.9 Å². The number of carboxylic acid groups (broad SMARTS) is 1. The van der Waals surface area contributed by atoms with Gasteiger partial charge in [0.2, 0.25) is 15.8 Å². The van der Waals surface area contributed by atoms with Crippen LogP contribution in [-0.2, 0) is 27.4 Å². The average Bonchev–Trinajstić information content (AvgIpc) is 3.44. The van der Waals surface area contributed by atoms with Crippen molar-refractivity contribution in [1.29, 1.82) is 0 Å². The first-order chi connectivity index (χ1) is 22.2. The lowest BCUT2D eigenvalue weighted by molar-refractivity contribution is -0.145. The van der Waals surface area contributed by atoms with Gasteiger partial charge in [-0.3, -0.25) is 9.20 Å². The molecule has 1 saturated heterocycles. The minimum Gasteiger partial charge on any atom is -0.481 e. The van der Waals surface area contributed by atoms with Crippen LogP contribution in [-0.4, -0.2) is 69.1 Å². The molecular weight excluding hydrogens is 633 g/mol. The Morgan fingerprint density at radius 1 is 1.26 bits per heavy atom. The molecule has 0 radical (unpaired) electrons. The van der Waals surface area contributed by atoms with Crippen LogP contribution in [0.4, 0.5) is 19.0 Å². The first-order valence-electron chi connectivity index (χ1n) is 15.6. The smallest absolute Gasteiger partial charge is 0.452 e. The number of aliphatic carboxylic acids is 1. The fraction of sp³-hybridized carbons (Fsp3) is 0.455. The quantitative estimate of drug-likeness (QED) is 0.272. The number of pyridine rings is 2. The number of sulfonamides is 1. The van der Waals surface area contributed by atoms with E-state index >= 15 is 0 Å². The van der Waals surface area contributed by atoms with Gasteiger partial charge in [-0.15, -0.1) is 10.2 Å². The van der Waals surface area contributed by atoms with Gasteiger partial charge >= 0.3 is 12.1 Å². The number of halogens is 3. The van der Waals surface area contributed by atoms with Crippen LogP contribution in [0.25, 0.3) is 5.65 Å². The Balaban J connectivity index is 1.58. The van der Waals surface area contributed by atoms with E-state index in [4.69, 9.17) is 0 Å². The van der Waals surface area contributed by atoms with Crippen molar-refractivity contribution >= 4 is 27.5 Å². The molecule has 14 heteroatoms. The number of aromatic nitrogens is 4. The van der Waals surface area contributed by atoms with Crippen molar-refractivity contribution in [2.24, 2.45) is 0 Å². The maximum Gasteiger partial charge on any atom is 0.452 e. The molecule has 3 aromatic heterocycles. The summed E-state index contributed by atoms with van der Waals surface area (Å²) in [5.41, 5.74) is 3.40. The van der Waals surface area contributed by atoms with E-state index in [1.165, 1.54) is 16.6 Å². The molecule has 2 atom stereocenters. The van der Waals surface area contributed by atoms with Crippen molar-refractivity contribution in [3.8, 4) is 0 Å². The normalized spacial score (nSPS) is 19.6. The molecule has 1 fully saturated rings. The number of carbonyl (C=O) groups is 1. The number of hydrogen-bond acceptors (Lipinski definition) is 7. The molecule has 1 N–H and O–H groups in total. The molecule has 0 spiro atoms. The van der Waals surface area contributed by atoms with Crippen molar-refractivity contribution in [3.63, 3.8) is 0 Å². The lowest BCUT2D eigenvalue weighted by atomic mass is 9.84. The number of hydrogen-bond donors (Lipinski definition) is 1. The lowest BCUT2D eigenvalue weighted by Gasteiger charge is -2.36. The minimum absolute atomic E-state index is 0.00777. The fourth-order valence-electron chi connectivity index (χ4n) is 6.54. The topological polar surface area (TPSA) is 121 Å². The number of carboxylic acids is 1. The van der Waals surface area contributed by atoms with E-state index in [0.29, 0.717) is 34.6 Å². The van der Waals surface area contributed by atoms with Crippen LogP contribution in [0, 0.1) is 6.92 Å². The number of allylic oxidation sites excluding steroid dienone is 3. The van der Waals surface area contributed by atoms with Crippen LogP contribution in [0.3, 0.4) is 0 Å². The Labute approximate surface area is 272 Å². The summed E-state index contributed by atoms with van der Waals surface area (Å²) >= 11 is 0. The highest BCUT2D eigenvalue weighted by atomic mass is 32.2. The SMILES string of the molecule is C=C(/C=C(CN1C[C@H]2CCCCN2c2ncc(C)cc2S1(=O)=O)\C(C)=C/C)[C@H](CC(=O)O)c1ccn2c(C(F)(F)F)nnc2c1CC. The molecule has 10 nitrogen and oxygen atoms in total. The fourth-order valence-corrected chi connectivity index (χ4v) is 8.23. The van der Waals surface area contributed by atoms with E-state index in [1.54, 1.807) is 32.2 Å². The molecule has 47 heavy (non-hydrogen) atoms. The Kier molecular flexibility index (Phi) is 9.65. The van der Waals surface area contributed by atoms with Gasteiger partial charge in [-0.05, 0) is 80.9 Å². The van der Waals surface area contributed by atoms with Gasteiger partial charge in [-0.1, -0.05) is 31.2 Å². The molecule has 2 aliphatic rings. The number of piperidine rings is 1. The zero-order valence-corrected chi connectivity index (χ0v) is 27.7. The molecule has 0 aromatic carbocycles. The lowest BCUT2D eigenvalue weighted by Crippen LogP contribution is -2.46. The van der Waals surface area contributed by atoms with Crippen LogP contribution in [0.2, 0.25) is 0 Å². The van der Waals surface area contributed by atoms with Crippen LogP contribution in [0.5, 0.6) is 0 Å². The monoisotopic (exact) mass is 672 g/mol. The number of rotatable bonds is 9. The molecule has 0 bridgehead atoms. The summed E-state index contributed by atoms with van der Waals surface area (Å²) in [6.45, 7) is 12.4. The number of aryl methyl sites for hydroxylation is 2. The number of alkyl halides is 3. The van der Waals surface area contributed by atoms with Crippen molar-refractivity contribution < 1.29 is 31.5 Å². The molecular formula is C33H39F3N6O4S. The largest absolute Gasteiger partial charge is 0.481 e. The van der Waals surface area contributed by atoms with Gasteiger partial charge in [-0.25, -0.2) is 13.4 Å². The van der Waals surface area contributed by atoms with E-state index in [0.717, 1.165) is 34.8 Å². The first-order valence-corrected chi connectivity index (χ1v) is 17.0. The molecule has 3 aromatic rings. The maximum absolute atomic E-state index is 14.3. The minimum atomic E-state index is -4.73. The third-order valence-electron chi connectivity index (χ3n) is 9.07. The van der Waals surface area contributed by atoms with Crippen molar-refractivity contribution in [3.05, 3.63) is 82.5 Å². The van der Waals surface area contributed by atoms with E-state index in [-0.39, 0.29) is 36.1 Å². The van der Waals surface area contributed by atoms with Crippen LogP contribution < -0.4 is 4.90 Å². The highest BCUT2D eigenvalue weighted by Crippen LogP contribution is 2.38. The second-order valence-electron chi connectivity index (χ2n) is 12.2. The Morgan fingerprint density at radius 3 is 2.66 bits per heavy atom. The van der Waals surface area contributed by atoms with Crippen LogP contribution in [0.1, 0.15) is 74.9 Å². The predicted molar refractivity (Wildman–Crippen MR) is 172 cm³/mol. The highest BCUT2D eigenvalue weighted by Gasteiger charge is 2.40. The van der Waals surface area contributed by atoms with E-state index < -0.39 is 40.3 Å². The van der Waals surface area contributed by atoms with Gasteiger partial charge in [0.05, 0.1) is 6.42 Å². The summed E-state index contributed by atoms with van der Waals surface area (Å²) in [6, 6.07) is 3.06. The van der Waals surface area contributed by atoms with Crippen LogP contribution >= 0.6 is 0 Å². The summed E-state index contributed by atoms with van der Waals surface area (Å²) in [5, 5.41) is 17.1. The molecule has 0 aliphatic carbocycles. The third-order valence-corrected chi connectivity index (χ3v) is 10.9. The van der Waals surface area contributed by atoms with Crippen molar-refractivity contribution in [1.82, 2.24) is 23.9 Å². The number of anilines is 1. The molecule has 2 aliphatic heterocycles. The number of nitrogens with zero attached hydrogens (tertiary/aromatic N) is 6. The predicted octanol–water partition coefficient (Wildman–Crippen LogP) is 6.08. The highest BCUT2D eigenvalue weighted by molar-refractivity contribution is 7.89. The van der Waals surface area contributed by atoms with Gasteiger partial charge in [0, 0.05) is 49.6 Å². The van der Waals surface area contributed by atoms with E-state index in [1.807, 2.05) is 19.9 Å². The Hall–Kier alpha value is -4.04. The molecule has 5 rings (SSSR count). The Bertz CT molecular complexity index is 1880. The zero-order chi connectivity index (χ0) is 34.3. The van der Waals surface area contributed by atoms with Gasteiger partial charge in [0.25, 0.3) is 0 Å². The molecule has 0 amide bonds. The second-order valence-corrected chi connectivity index (χ2v) is 14.1. The summed E-state index contributed by atoms with van der Waals surface area (Å²) in [5.74, 6) is -2.66. The third kappa shape index (κ3) is 6.71.